The number of nitrogens with one attached hydrogen (secondary N) is 1. The number of hydrogen-bond acceptors (Lipinski definition) is 4. The zero-order chi connectivity index (χ0) is 13.2. The first-order chi connectivity index (χ1) is 9.28. The van der Waals surface area contributed by atoms with Crippen molar-refractivity contribution in [3.8, 4) is 0 Å². The number of aromatic nitrogens is 2. The van der Waals surface area contributed by atoms with Crippen molar-refractivity contribution >= 4 is 22.4 Å². The Kier molecular flexibility index (Phi) is 3.33. The van der Waals surface area contributed by atoms with Gasteiger partial charge < -0.3 is 4.57 Å². The number of nitrogens with zero attached hydrogens (tertiary/aromatic N) is 2. The standard InChI is InChI=1S/C14H16N4S/c1-10-6-7-14(19-10)12(17-15)8-18-9-16-11-4-2-3-5-13(11)18/h2-7,9,12,17H,8,15H2,1H3. The molecule has 0 radical (unpaired) electrons. The van der Waals surface area contributed by atoms with Crippen LogP contribution in [0.4, 0.5) is 0 Å². The molecule has 3 aromatic rings. The van der Waals surface area contributed by atoms with Crippen molar-refractivity contribution in [2.45, 2.75) is 19.5 Å². The van der Waals surface area contributed by atoms with Gasteiger partial charge in [0.2, 0.25) is 0 Å². The van der Waals surface area contributed by atoms with Gasteiger partial charge in [0.15, 0.2) is 0 Å². The maximum atomic E-state index is 5.70. The van der Waals surface area contributed by atoms with Crippen molar-refractivity contribution in [1.29, 1.82) is 0 Å². The number of thiophene rings is 1. The number of nitrogens with two attached hydrogens (primary N) is 1. The Bertz CT molecular complexity index is 685. The van der Waals surface area contributed by atoms with Gasteiger partial charge in [-0.25, -0.2) is 4.98 Å². The van der Waals surface area contributed by atoms with Gasteiger partial charge in [0.05, 0.1) is 23.4 Å². The molecule has 5 heteroatoms. The molecule has 3 rings (SSSR count). The second-order valence-electron chi connectivity index (χ2n) is 4.55. The molecule has 4 nitrogen and oxygen atoms in total. The van der Waals surface area contributed by atoms with Gasteiger partial charge in [-0.3, -0.25) is 11.3 Å². The monoisotopic (exact) mass is 272 g/mol. The maximum Gasteiger partial charge on any atom is 0.0958 e. The molecule has 2 heterocycles. The molecular weight excluding hydrogens is 256 g/mol. The van der Waals surface area contributed by atoms with Crippen molar-refractivity contribution in [2.24, 2.45) is 5.84 Å². The Hall–Kier alpha value is -1.69. The van der Waals surface area contributed by atoms with E-state index in [1.807, 2.05) is 24.5 Å². The first-order valence-corrected chi connectivity index (χ1v) is 7.02. The van der Waals surface area contributed by atoms with Gasteiger partial charge in [-0.1, -0.05) is 12.1 Å². The molecule has 2 aromatic heterocycles. The van der Waals surface area contributed by atoms with Gasteiger partial charge >= 0.3 is 0 Å². The van der Waals surface area contributed by atoms with E-state index in [2.05, 4.69) is 40.1 Å². The predicted octanol–water partition coefficient (Wildman–Crippen LogP) is 2.61. The zero-order valence-corrected chi connectivity index (χ0v) is 11.5. The van der Waals surface area contributed by atoms with Crippen LogP contribution >= 0.6 is 11.3 Å². The summed E-state index contributed by atoms with van der Waals surface area (Å²) in [5.74, 6) is 5.70. The Balaban J connectivity index is 1.90. The van der Waals surface area contributed by atoms with E-state index in [9.17, 15) is 0 Å². The Labute approximate surface area is 115 Å². The first-order valence-electron chi connectivity index (χ1n) is 6.20. The number of hydrogen-bond donors (Lipinski definition) is 2. The average molecular weight is 272 g/mol. The highest BCUT2D eigenvalue weighted by molar-refractivity contribution is 7.12. The summed E-state index contributed by atoms with van der Waals surface area (Å²) in [6.45, 7) is 2.88. The smallest absolute Gasteiger partial charge is 0.0958 e. The minimum Gasteiger partial charge on any atom is -0.329 e. The van der Waals surface area contributed by atoms with Gasteiger partial charge in [-0.05, 0) is 31.2 Å². The summed E-state index contributed by atoms with van der Waals surface area (Å²) in [7, 11) is 0. The fraction of sp³-hybridized carbons (Fsp3) is 0.214. The number of rotatable bonds is 4. The summed E-state index contributed by atoms with van der Waals surface area (Å²) in [4.78, 5) is 6.95. The van der Waals surface area contributed by atoms with Crippen LogP contribution in [0.3, 0.4) is 0 Å². The minimum absolute atomic E-state index is 0.108. The van der Waals surface area contributed by atoms with Crippen LogP contribution in [-0.4, -0.2) is 9.55 Å². The lowest BCUT2D eigenvalue weighted by Crippen LogP contribution is -2.30. The average Bonchev–Trinajstić information content (AvgIpc) is 3.03. The molecule has 0 spiro atoms. The molecular formula is C14H16N4S. The highest BCUT2D eigenvalue weighted by Gasteiger charge is 2.13. The largest absolute Gasteiger partial charge is 0.329 e. The molecule has 1 atom stereocenters. The normalized spacial score (nSPS) is 12.9. The predicted molar refractivity (Wildman–Crippen MR) is 78.9 cm³/mol. The first kappa shape index (κ1) is 12.3. The molecule has 0 aliphatic heterocycles. The van der Waals surface area contributed by atoms with Crippen LogP contribution in [0.1, 0.15) is 15.8 Å². The highest BCUT2D eigenvalue weighted by Crippen LogP contribution is 2.24. The summed E-state index contributed by atoms with van der Waals surface area (Å²) in [6, 6.07) is 12.5. The summed E-state index contributed by atoms with van der Waals surface area (Å²) < 4.78 is 2.13. The van der Waals surface area contributed by atoms with Crippen molar-refractivity contribution in [3.05, 3.63) is 52.5 Å². The quantitative estimate of drug-likeness (QED) is 0.567. The summed E-state index contributed by atoms with van der Waals surface area (Å²) >= 11 is 1.77. The molecule has 98 valence electrons. The maximum absolute atomic E-state index is 5.70. The number of imidazole rings is 1. The van der Waals surface area contributed by atoms with Gasteiger partial charge in [0.25, 0.3) is 0 Å². The second-order valence-corrected chi connectivity index (χ2v) is 5.87. The molecule has 0 bridgehead atoms. The fourth-order valence-corrected chi connectivity index (χ4v) is 3.15. The number of benzene rings is 1. The van der Waals surface area contributed by atoms with E-state index in [0.29, 0.717) is 0 Å². The molecule has 1 aromatic carbocycles. The van der Waals surface area contributed by atoms with Crippen LogP contribution in [0.5, 0.6) is 0 Å². The summed E-state index contributed by atoms with van der Waals surface area (Å²) in [5.41, 5.74) is 5.05. The van der Waals surface area contributed by atoms with E-state index in [1.165, 1.54) is 9.75 Å². The van der Waals surface area contributed by atoms with Crippen LogP contribution < -0.4 is 11.3 Å². The summed E-state index contributed by atoms with van der Waals surface area (Å²) in [5, 5.41) is 0. The molecule has 0 saturated heterocycles. The molecule has 19 heavy (non-hydrogen) atoms. The van der Waals surface area contributed by atoms with E-state index < -0.39 is 0 Å². The lowest BCUT2D eigenvalue weighted by molar-refractivity contribution is 0.488. The fourth-order valence-electron chi connectivity index (χ4n) is 2.22. The van der Waals surface area contributed by atoms with Crippen molar-refractivity contribution in [2.75, 3.05) is 0 Å². The van der Waals surface area contributed by atoms with E-state index in [4.69, 9.17) is 5.84 Å². The van der Waals surface area contributed by atoms with Gasteiger partial charge in [-0.15, -0.1) is 11.3 Å². The third kappa shape index (κ3) is 2.40. The van der Waals surface area contributed by atoms with Gasteiger partial charge in [-0.2, -0.15) is 0 Å². The van der Waals surface area contributed by atoms with Crippen LogP contribution in [0, 0.1) is 6.92 Å². The number of para-hydroxylation sites is 2. The summed E-state index contributed by atoms with van der Waals surface area (Å²) in [6.07, 6.45) is 1.87. The van der Waals surface area contributed by atoms with E-state index >= 15 is 0 Å². The molecule has 1 unspecified atom stereocenters. The van der Waals surface area contributed by atoms with Crippen LogP contribution in [-0.2, 0) is 6.54 Å². The molecule has 0 aliphatic rings. The molecule has 0 fully saturated rings. The van der Waals surface area contributed by atoms with Crippen molar-refractivity contribution < 1.29 is 0 Å². The highest BCUT2D eigenvalue weighted by atomic mass is 32.1. The van der Waals surface area contributed by atoms with Gasteiger partial charge in [0.1, 0.15) is 0 Å². The Morgan fingerprint density at radius 3 is 2.89 bits per heavy atom. The lowest BCUT2D eigenvalue weighted by Gasteiger charge is -2.15. The van der Waals surface area contributed by atoms with Crippen LogP contribution in [0.15, 0.2) is 42.7 Å². The SMILES string of the molecule is Cc1ccc(C(Cn2cnc3ccccc32)NN)s1. The molecule has 0 aliphatic carbocycles. The zero-order valence-electron chi connectivity index (χ0n) is 10.7. The van der Waals surface area contributed by atoms with Gasteiger partial charge in [0, 0.05) is 16.3 Å². The Morgan fingerprint density at radius 1 is 1.32 bits per heavy atom. The number of fused-ring (bicyclic) bond motifs is 1. The minimum atomic E-state index is 0.108. The number of hydrazine groups is 1. The molecule has 0 amide bonds. The second kappa shape index (κ2) is 5.13. The third-order valence-electron chi connectivity index (χ3n) is 3.21. The van der Waals surface area contributed by atoms with E-state index in [-0.39, 0.29) is 6.04 Å². The third-order valence-corrected chi connectivity index (χ3v) is 4.33. The molecule has 3 N–H and O–H groups in total. The van der Waals surface area contributed by atoms with Crippen molar-refractivity contribution in [1.82, 2.24) is 15.0 Å². The topological polar surface area (TPSA) is 55.9 Å². The van der Waals surface area contributed by atoms with Crippen LogP contribution in [0.2, 0.25) is 0 Å². The number of aryl methyl sites for hydroxylation is 1. The van der Waals surface area contributed by atoms with E-state index in [1.54, 1.807) is 11.3 Å². The van der Waals surface area contributed by atoms with E-state index in [0.717, 1.165) is 17.6 Å². The molecule has 0 saturated carbocycles. The van der Waals surface area contributed by atoms with Crippen molar-refractivity contribution in [3.63, 3.8) is 0 Å². The van der Waals surface area contributed by atoms with Crippen LogP contribution in [0.25, 0.3) is 11.0 Å². The lowest BCUT2D eigenvalue weighted by atomic mass is 10.2. The Morgan fingerprint density at radius 2 is 2.16 bits per heavy atom.